The van der Waals surface area contributed by atoms with Crippen molar-refractivity contribution in [1.82, 2.24) is 15.0 Å². The number of aryl methyl sites for hydroxylation is 2. The molecule has 0 aliphatic carbocycles. The summed E-state index contributed by atoms with van der Waals surface area (Å²) in [4.78, 5) is 24.3. The molecular formula is C20H17FN4OS. The molecule has 1 amide bonds. The number of aromatic amines is 1. The summed E-state index contributed by atoms with van der Waals surface area (Å²) in [6.07, 6.45) is 1.51. The van der Waals surface area contributed by atoms with E-state index in [0.717, 1.165) is 27.5 Å². The van der Waals surface area contributed by atoms with Crippen molar-refractivity contribution in [3.05, 3.63) is 59.7 Å². The number of benzene rings is 2. The van der Waals surface area contributed by atoms with Crippen molar-refractivity contribution in [3.8, 4) is 0 Å². The zero-order valence-electron chi connectivity index (χ0n) is 14.8. The second-order valence-corrected chi connectivity index (χ2v) is 7.34. The van der Waals surface area contributed by atoms with Gasteiger partial charge in [-0.15, -0.1) is 0 Å². The number of hydrogen-bond acceptors (Lipinski definition) is 4. The third kappa shape index (κ3) is 3.50. The van der Waals surface area contributed by atoms with Gasteiger partial charge in [-0.2, -0.15) is 0 Å². The summed E-state index contributed by atoms with van der Waals surface area (Å²) in [5, 5.41) is 4.45. The van der Waals surface area contributed by atoms with E-state index in [4.69, 9.17) is 0 Å². The molecule has 2 aromatic heterocycles. The molecule has 0 atom stereocenters. The van der Waals surface area contributed by atoms with Crippen LogP contribution < -0.4 is 5.32 Å². The lowest BCUT2D eigenvalue weighted by molar-refractivity contribution is -0.113. The molecule has 0 saturated heterocycles. The Labute approximate surface area is 159 Å². The Kier molecular flexibility index (Phi) is 4.53. The SMILES string of the molecule is Cc1ccc2[nH]c3c(SCC(=O)Nc4ccc(C)c(F)c4)ncnc3c2c1. The Hall–Kier alpha value is -2.93. The normalized spacial score (nSPS) is 11.2. The van der Waals surface area contributed by atoms with E-state index in [1.54, 1.807) is 19.1 Å². The summed E-state index contributed by atoms with van der Waals surface area (Å²) in [6.45, 7) is 3.71. The first-order valence-corrected chi connectivity index (χ1v) is 9.41. The first kappa shape index (κ1) is 17.5. The highest BCUT2D eigenvalue weighted by Crippen LogP contribution is 2.30. The van der Waals surface area contributed by atoms with Gasteiger partial charge in [-0.05, 0) is 43.7 Å². The van der Waals surface area contributed by atoms with Crippen LogP contribution >= 0.6 is 11.8 Å². The predicted molar refractivity (Wildman–Crippen MR) is 107 cm³/mol. The molecule has 5 nitrogen and oxygen atoms in total. The lowest BCUT2D eigenvalue weighted by atomic mass is 10.2. The number of thioether (sulfide) groups is 1. The molecule has 27 heavy (non-hydrogen) atoms. The minimum atomic E-state index is -0.341. The van der Waals surface area contributed by atoms with Crippen LogP contribution in [0.15, 0.2) is 47.8 Å². The van der Waals surface area contributed by atoms with Crippen molar-refractivity contribution < 1.29 is 9.18 Å². The monoisotopic (exact) mass is 380 g/mol. The van der Waals surface area contributed by atoms with Gasteiger partial charge in [-0.3, -0.25) is 4.79 Å². The first-order valence-electron chi connectivity index (χ1n) is 8.43. The van der Waals surface area contributed by atoms with E-state index < -0.39 is 0 Å². The van der Waals surface area contributed by atoms with Crippen LogP contribution in [-0.2, 0) is 4.79 Å². The summed E-state index contributed by atoms with van der Waals surface area (Å²) in [7, 11) is 0. The average Bonchev–Trinajstić information content (AvgIpc) is 3.01. The average molecular weight is 380 g/mol. The molecule has 4 aromatic rings. The zero-order valence-corrected chi connectivity index (χ0v) is 15.7. The number of aromatic nitrogens is 3. The highest BCUT2D eigenvalue weighted by molar-refractivity contribution is 8.00. The molecule has 2 aromatic carbocycles. The highest BCUT2D eigenvalue weighted by atomic mass is 32.2. The van der Waals surface area contributed by atoms with E-state index >= 15 is 0 Å². The summed E-state index contributed by atoms with van der Waals surface area (Å²) in [5.41, 5.74) is 4.78. The smallest absolute Gasteiger partial charge is 0.234 e. The standard InChI is InChI=1S/C20H17FN4OS/c1-11-3-6-16-14(7-11)18-19(25-16)20(23-10-22-18)27-9-17(26)24-13-5-4-12(2)15(21)8-13/h3-8,10,25H,9H2,1-2H3,(H,24,26). The maximum absolute atomic E-state index is 13.6. The van der Waals surface area contributed by atoms with E-state index in [0.29, 0.717) is 16.3 Å². The van der Waals surface area contributed by atoms with Gasteiger partial charge in [-0.1, -0.05) is 29.5 Å². The van der Waals surface area contributed by atoms with E-state index in [2.05, 4.69) is 26.3 Å². The Morgan fingerprint density at radius 2 is 2.04 bits per heavy atom. The summed E-state index contributed by atoms with van der Waals surface area (Å²) in [5.74, 6) is -0.399. The van der Waals surface area contributed by atoms with Gasteiger partial charge in [0, 0.05) is 16.6 Å². The summed E-state index contributed by atoms with van der Waals surface area (Å²) in [6, 6.07) is 10.8. The Morgan fingerprint density at radius 3 is 2.85 bits per heavy atom. The molecule has 2 heterocycles. The molecule has 0 saturated carbocycles. The van der Waals surface area contributed by atoms with Crippen molar-refractivity contribution in [2.45, 2.75) is 18.9 Å². The number of amides is 1. The number of carbonyl (C=O) groups excluding carboxylic acids is 1. The quantitative estimate of drug-likeness (QED) is 0.401. The number of fused-ring (bicyclic) bond motifs is 3. The van der Waals surface area contributed by atoms with Crippen molar-refractivity contribution in [1.29, 1.82) is 0 Å². The molecule has 2 N–H and O–H groups in total. The van der Waals surface area contributed by atoms with Crippen LogP contribution in [0.5, 0.6) is 0 Å². The Balaban J connectivity index is 1.54. The number of H-pyrrole nitrogens is 1. The van der Waals surface area contributed by atoms with Crippen LogP contribution in [0.25, 0.3) is 21.9 Å². The van der Waals surface area contributed by atoms with E-state index in [9.17, 15) is 9.18 Å². The molecule has 0 spiro atoms. The van der Waals surface area contributed by atoms with Gasteiger partial charge >= 0.3 is 0 Å². The molecule has 0 aliphatic rings. The summed E-state index contributed by atoms with van der Waals surface area (Å²) >= 11 is 1.32. The number of nitrogens with zero attached hydrogens (tertiary/aromatic N) is 2. The van der Waals surface area contributed by atoms with E-state index in [1.807, 2.05) is 19.1 Å². The lowest BCUT2D eigenvalue weighted by Gasteiger charge is -2.06. The van der Waals surface area contributed by atoms with Crippen molar-refractivity contribution in [2.75, 3.05) is 11.1 Å². The van der Waals surface area contributed by atoms with Gasteiger partial charge in [-0.25, -0.2) is 14.4 Å². The Bertz CT molecular complexity index is 1170. The topological polar surface area (TPSA) is 70.7 Å². The minimum Gasteiger partial charge on any atom is -0.351 e. The highest BCUT2D eigenvalue weighted by Gasteiger charge is 2.13. The zero-order chi connectivity index (χ0) is 19.0. The molecule has 0 radical (unpaired) electrons. The number of rotatable bonds is 4. The van der Waals surface area contributed by atoms with Gasteiger partial charge in [0.15, 0.2) is 0 Å². The summed E-state index contributed by atoms with van der Waals surface area (Å²) < 4.78 is 13.6. The second kappa shape index (κ2) is 7.00. The largest absolute Gasteiger partial charge is 0.351 e. The van der Waals surface area contributed by atoms with Gasteiger partial charge in [0.25, 0.3) is 0 Å². The number of hydrogen-bond donors (Lipinski definition) is 2. The molecule has 0 unspecified atom stereocenters. The van der Waals surface area contributed by atoms with Crippen LogP contribution in [0.2, 0.25) is 0 Å². The fourth-order valence-electron chi connectivity index (χ4n) is 2.90. The number of nitrogens with one attached hydrogen (secondary N) is 2. The third-order valence-corrected chi connectivity index (χ3v) is 5.29. The van der Waals surface area contributed by atoms with Gasteiger partial charge in [0.05, 0.1) is 11.3 Å². The minimum absolute atomic E-state index is 0.163. The maximum Gasteiger partial charge on any atom is 0.234 e. The molecule has 0 fully saturated rings. The molecular weight excluding hydrogens is 363 g/mol. The van der Waals surface area contributed by atoms with Crippen molar-refractivity contribution in [2.24, 2.45) is 0 Å². The number of halogens is 1. The van der Waals surface area contributed by atoms with Gasteiger partial charge in [0.1, 0.15) is 22.7 Å². The van der Waals surface area contributed by atoms with Crippen LogP contribution in [0, 0.1) is 19.7 Å². The fourth-order valence-corrected chi connectivity index (χ4v) is 3.65. The third-order valence-electron chi connectivity index (χ3n) is 4.30. The van der Waals surface area contributed by atoms with Crippen LogP contribution in [0.3, 0.4) is 0 Å². The van der Waals surface area contributed by atoms with Crippen LogP contribution in [0.1, 0.15) is 11.1 Å². The van der Waals surface area contributed by atoms with Crippen molar-refractivity contribution >= 4 is 45.3 Å². The van der Waals surface area contributed by atoms with E-state index in [1.165, 1.54) is 24.2 Å². The fraction of sp³-hybridized carbons (Fsp3) is 0.150. The Morgan fingerprint density at radius 1 is 1.19 bits per heavy atom. The molecule has 0 bridgehead atoms. The van der Waals surface area contributed by atoms with Gasteiger partial charge < -0.3 is 10.3 Å². The van der Waals surface area contributed by atoms with Crippen molar-refractivity contribution in [3.63, 3.8) is 0 Å². The van der Waals surface area contributed by atoms with Crippen LogP contribution in [-0.4, -0.2) is 26.6 Å². The lowest BCUT2D eigenvalue weighted by Crippen LogP contribution is -2.14. The molecule has 7 heteroatoms. The molecule has 4 rings (SSSR count). The van der Waals surface area contributed by atoms with E-state index in [-0.39, 0.29) is 17.5 Å². The number of anilines is 1. The van der Waals surface area contributed by atoms with Gasteiger partial charge in [0.2, 0.25) is 5.91 Å². The molecule has 0 aliphatic heterocycles. The predicted octanol–water partition coefficient (Wildman–Crippen LogP) is 4.60. The molecule has 136 valence electrons. The first-order chi connectivity index (χ1) is 13.0. The maximum atomic E-state index is 13.6. The number of carbonyl (C=O) groups is 1. The van der Waals surface area contributed by atoms with Crippen LogP contribution in [0.4, 0.5) is 10.1 Å². The second-order valence-electron chi connectivity index (χ2n) is 6.38.